The summed E-state index contributed by atoms with van der Waals surface area (Å²) in [4.78, 5) is 21.2. The number of hydrogen-bond donors (Lipinski definition) is 1. The molecule has 1 N–H and O–H groups in total. The summed E-state index contributed by atoms with van der Waals surface area (Å²) >= 11 is 1.43. The summed E-state index contributed by atoms with van der Waals surface area (Å²) in [6.07, 6.45) is -0.187. The van der Waals surface area contributed by atoms with Crippen LogP contribution in [0, 0.1) is 6.92 Å². The molecule has 0 bridgehead atoms. The Hall–Kier alpha value is -2.64. The van der Waals surface area contributed by atoms with Gasteiger partial charge in [-0.2, -0.15) is 0 Å². The molecule has 140 valence electrons. The Morgan fingerprint density at radius 1 is 1.26 bits per heavy atom. The van der Waals surface area contributed by atoms with Crippen molar-refractivity contribution in [2.75, 3.05) is 24.4 Å². The quantitative estimate of drug-likeness (QED) is 0.732. The fourth-order valence-electron chi connectivity index (χ4n) is 3.51. The molecule has 3 heterocycles. The number of thiophene rings is 1. The van der Waals surface area contributed by atoms with Gasteiger partial charge >= 0.3 is 0 Å². The van der Waals surface area contributed by atoms with E-state index in [4.69, 9.17) is 9.47 Å². The lowest BCUT2D eigenvalue weighted by molar-refractivity contribution is 0.0981. The van der Waals surface area contributed by atoms with Crippen molar-refractivity contribution in [3.63, 3.8) is 0 Å². The number of ether oxygens (including phenoxy) is 2. The number of rotatable bonds is 4. The molecule has 0 radical (unpaired) electrons. The predicted molar refractivity (Wildman–Crippen MR) is 108 cm³/mol. The van der Waals surface area contributed by atoms with Gasteiger partial charge in [0.25, 0.3) is 5.91 Å². The second kappa shape index (κ2) is 6.83. The summed E-state index contributed by atoms with van der Waals surface area (Å²) in [6.45, 7) is 4.42. The molecule has 1 atom stereocenters. The molecule has 2 aromatic heterocycles. The van der Waals surface area contributed by atoms with Gasteiger partial charge in [-0.1, -0.05) is 0 Å². The molecule has 6 nitrogen and oxygen atoms in total. The van der Waals surface area contributed by atoms with Gasteiger partial charge in [0.15, 0.2) is 0 Å². The standard InChI is InChI=1S/C20H21N3O3S/c1-11-9-13(10-25-3)16-17-18(27-19(16)21-11)20(24)23(12(2)22-17)14-5-7-15(26-4)8-6-14/h5-9,12,22H,10H2,1-4H3/t12-/m0/s1. The third-order valence-corrected chi connectivity index (χ3v) is 5.75. The number of benzene rings is 1. The highest BCUT2D eigenvalue weighted by Gasteiger charge is 2.34. The van der Waals surface area contributed by atoms with Crippen molar-refractivity contribution in [1.82, 2.24) is 4.98 Å². The van der Waals surface area contributed by atoms with Gasteiger partial charge in [-0.05, 0) is 49.7 Å². The highest BCUT2D eigenvalue weighted by molar-refractivity contribution is 7.21. The fourth-order valence-corrected chi connectivity index (χ4v) is 4.68. The van der Waals surface area contributed by atoms with Gasteiger partial charge in [-0.3, -0.25) is 9.69 Å². The maximum absolute atomic E-state index is 13.3. The van der Waals surface area contributed by atoms with Crippen LogP contribution in [0.25, 0.3) is 10.2 Å². The number of aromatic nitrogens is 1. The predicted octanol–water partition coefficient (Wildman–Crippen LogP) is 4.18. The largest absolute Gasteiger partial charge is 0.497 e. The third-order valence-electron chi connectivity index (χ3n) is 4.68. The molecule has 0 saturated heterocycles. The van der Waals surface area contributed by atoms with Crippen LogP contribution in [0.5, 0.6) is 5.75 Å². The average molecular weight is 383 g/mol. The monoisotopic (exact) mass is 383 g/mol. The third kappa shape index (κ3) is 2.93. The van der Waals surface area contributed by atoms with Gasteiger partial charge in [0, 0.05) is 23.9 Å². The van der Waals surface area contributed by atoms with Crippen LogP contribution in [-0.2, 0) is 11.3 Å². The lowest BCUT2D eigenvalue weighted by atomic mass is 10.1. The van der Waals surface area contributed by atoms with Crippen molar-refractivity contribution in [3.05, 3.63) is 46.5 Å². The number of amides is 1. The minimum absolute atomic E-state index is 0.0227. The summed E-state index contributed by atoms with van der Waals surface area (Å²) in [6, 6.07) is 9.53. The van der Waals surface area contributed by atoms with E-state index in [1.165, 1.54) is 11.3 Å². The van der Waals surface area contributed by atoms with E-state index in [2.05, 4.69) is 10.3 Å². The van der Waals surface area contributed by atoms with E-state index in [1.54, 1.807) is 19.1 Å². The molecular formula is C20H21N3O3S. The lowest BCUT2D eigenvalue weighted by Gasteiger charge is -2.34. The molecule has 0 unspecified atom stereocenters. The Bertz CT molecular complexity index is 1010. The maximum atomic E-state index is 13.3. The fraction of sp³-hybridized carbons (Fsp3) is 0.300. The molecule has 27 heavy (non-hydrogen) atoms. The number of carbonyl (C=O) groups excluding carboxylic acids is 1. The van der Waals surface area contributed by atoms with E-state index in [-0.39, 0.29) is 12.1 Å². The van der Waals surface area contributed by atoms with Crippen LogP contribution in [0.1, 0.15) is 27.9 Å². The van der Waals surface area contributed by atoms with Crippen molar-refractivity contribution in [3.8, 4) is 5.75 Å². The maximum Gasteiger partial charge on any atom is 0.272 e. The van der Waals surface area contributed by atoms with Crippen LogP contribution < -0.4 is 15.0 Å². The Morgan fingerprint density at radius 2 is 2.00 bits per heavy atom. The van der Waals surface area contributed by atoms with E-state index >= 15 is 0 Å². The van der Waals surface area contributed by atoms with Crippen molar-refractivity contribution in [2.45, 2.75) is 26.6 Å². The van der Waals surface area contributed by atoms with Crippen LogP contribution in [0.3, 0.4) is 0 Å². The second-order valence-electron chi connectivity index (χ2n) is 6.54. The minimum Gasteiger partial charge on any atom is -0.497 e. The Balaban J connectivity index is 1.82. The number of nitrogens with zero attached hydrogens (tertiary/aromatic N) is 2. The van der Waals surface area contributed by atoms with Crippen LogP contribution in [-0.4, -0.2) is 31.3 Å². The number of anilines is 2. The highest BCUT2D eigenvalue weighted by atomic mass is 32.1. The van der Waals surface area contributed by atoms with Gasteiger partial charge in [0.2, 0.25) is 0 Å². The van der Waals surface area contributed by atoms with Crippen molar-refractivity contribution in [1.29, 1.82) is 0 Å². The van der Waals surface area contributed by atoms with E-state index in [9.17, 15) is 4.79 Å². The van der Waals surface area contributed by atoms with E-state index in [1.807, 2.05) is 44.2 Å². The van der Waals surface area contributed by atoms with Gasteiger partial charge in [0.1, 0.15) is 21.6 Å². The summed E-state index contributed by atoms with van der Waals surface area (Å²) in [7, 11) is 3.30. The molecule has 0 aliphatic carbocycles. The zero-order valence-electron chi connectivity index (χ0n) is 15.7. The SMILES string of the molecule is COCc1cc(C)nc2sc3c(c12)N[C@H](C)N(c1ccc(OC)cc1)C3=O. The van der Waals surface area contributed by atoms with Gasteiger partial charge < -0.3 is 14.8 Å². The minimum atomic E-state index is -0.187. The summed E-state index contributed by atoms with van der Waals surface area (Å²) in [5.41, 5.74) is 3.64. The summed E-state index contributed by atoms with van der Waals surface area (Å²) in [5, 5.41) is 4.48. The van der Waals surface area contributed by atoms with E-state index in [0.717, 1.165) is 38.6 Å². The average Bonchev–Trinajstić information content (AvgIpc) is 3.01. The van der Waals surface area contributed by atoms with Crippen LogP contribution in [0.15, 0.2) is 30.3 Å². The zero-order valence-corrected chi connectivity index (χ0v) is 16.5. The first-order valence-corrected chi connectivity index (χ1v) is 9.51. The molecule has 0 saturated carbocycles. The molecular weight excluding hydrogens is 362 g/mol. The van der Waals surface area contributed by atoms with Crippen molar-refractivity contribution >= 4 is 38.8 Å². The number of fused-ring (bicyclic) bond motifs is 3. The second-order valence-corrected chi connectivity index (χ2v) is 7.53. The topological polar surface area (TPSA) is 63.7 Å². The molecule has 7 heteroatoms. The first-order valence-electron chi connectivity index (χ1n) is 8.69. The lowest BCUT2D eigenvalue weighted by Crippen LogP contribution is -2.46. The summed E-state index contributed by atoms with van der Waals surface area (Å²) < 4.78 is 10.6. The molecule has 1 amide bonds. The Kier molecular flexibility index (Phi) is 4.49. The van der Waals surface area contributed by atoms with Gasteiger partial charge in [-0.15, -0.1) is 11.3 Å². The molecule has 1 aromatic carbocycles. The first kappa shape index (κ1) is 17.8. The van der Waals surface area contributed by atoms with Crippen LogP contribution in [0.4, 0.5) is 11.4 Å². The number of methoxy groups -OCH3 is 2. The van der Waals surface area contributed by atoms with Gasteiger partial charge in [-0.25, -0.2) is 4.98 Å². The Labute approximate surface area is 161 Å². The van der Waals surface area contributed by atoms with Crippen LogP contribution in [0.2, 0.25) is 0 Å². The first-order chi connectivity index (χ1) is 13.0. The zero-order chi connectivity index (χ0) is 19.1. The number of carbonyl (C=O) groups is 1. The number of nitrogens with one attached hydrogen (secondary N) is 1. The van der Waals surface area contributed by atoms with Gasteiger partial charge in [0.05, 0.1) is 19.4 Å². The Morgan fingerprint density at radius 3 is 2.67 bits per heavy atom. The number of pyridine rings is 1. The number of aryl methyl sites for hydroxylation is 1. The van der Waals surface area contributed by atoms with E-state index in [0.29, 0.717) is 11.5 Å². The molecule has 3 aromatic rings. The smallest absolute Gasteiger partial charge is 0.272 e. The van der Waals surface area contributed by atoms with Crippen molar-refractivity contribution in [2.24, 2.45) is 0 Å². The van der Waals surface area contributed by atoms with E-state index < -0.39 is 0 Å². The number of hydrogen-bond acceptors (Lipinski definition) is 6. The molecule has 0 spiro atoms. The van der Waals surface area contributed by atoms with Crippen molar-refractivity contribution < 1.29 is 14.3 Å². The molecule has 0 fully saturated rings. The molecule has 4 rings (SSSR count). The molecule has 1 aliphatic heterocycles. The molecule has 1 aliphatic rings. The highest BCUT2D eigenvalue weighted by Crippen LogP contribution is 2.42. The normalized spacial score (nSPS) is 16.4. The van der Waals surface area contributed by atoms with Crippen LogP contribution >= 0.6 is 11.3 Å². The summed E-state index contributed by atoms with van der Waals surface area (Å²) in [5.74, 6) is 0.737.